The van der Waals surface area contributed by atoms with Crippen LogP contribution in [0.25, 0.3) is 0 Å². The number of amides is 2. The molecular weight excluding hydrogens is 345 g/mol. The van der Waals surface area contributed by atoms with Crippen molar-refractivity contribution in [2.24, 2.45) is 11.1 Å². The fourth-order valence-electron chi connectivity index (χ4n) is 2.63. The first kappa shape index (κ1) is 16.9. The highest BCUT2D eigenvalue weighted by Gasteiger charge is 2.58. The van der Waals surface area contributed by atoms with Gasteiger partial charge in [0, 0.05) is 0 Å². The van der Waals surface area contributed by atoms with E-state index in [1.165, 1.54) is 6.07 Å². The average Bonchev–Trinajstić information content (AvgIpc) is 3.08. The van der Waals surface area contributed by atoms with Crippen molar-refractivity contribution in [2.75, 3.05) is 11.5 Å². The van der Waals surface area contributed by atoms with Gasteiger partial charge in [-0.1, -0.05) is 11.2 Å². The number of oxime groups is 1. The van der Waals surface area contributed by atoms with E-state index < -0.39 is 41.5 Å². The van der Waals surface area contributed by atoms with E-state index in [-0.39, 0.29) is 18.0 Å². The first-order valence-corrected chi connectivity index (χ1v) is 7.21. The number of anilines is 1. The number of ether oxygens (including phenoxy) is 1. The van der Waals surface area contributed by atoms with Crippen molar-refractivity contribution in [2.45, 2.75) is 19.2 Å². The van der Waals surface area contributed by atoms with Crippen LogP contribution in [0.3, 0.4) is 0 Å². The summed E-state index contributed by atoms with van der Waals surface area (Å²) in [6.07, 6.45) is -6.02. The van der Waals surface area contributed by atoms with Crippen LogP contribution in [0.15, 0.2) is 29.4 Å². The smallest absolute Gasteiger partial charge is 0.416 e. The van der Waals surface area contributed by atoms with Gasteiger partial charge < -0.3 is 9.57 Å². The molecule has 1 aromatic carbocycles. The molecule has 0 N–H and O–H groups in total. The van der Waals surface area contributed by atoms with Crippen LogP contribution < -0.4 is 4.90 Å². The lowest BCUT2D eigenvalue weighted by molar-refractivity contribution is -0.138. The van der Waals surface area contributed by atoms with Gasteiger partial charge >= 0.3 is 12.1 Å². The molecule has 0 spiro atoms. The predicted molar refractivity (Wildman–Crippen MR) is 76.4 cm³/mol. The van der Waals surface area contributed by atoms with Gasteiger partial charge in [-0.15, -0.1) is 0 Å². The van der Waals surface area contributed by atoms with Crippen LogP contribution in [-0.2, 0) is 30.1 Å². The number of benzene rings is 1. The molecule has 0 aliphatic carbocycles. The fourth-order valence-corrected chi connectivity index (χ4v) is 2.63. The molecule has 1 saturated heterocycles. The zero-order valence-electron chi connectivity index (χ0n) is 12.7. The summed E-state index contributed by atoms with van der Waals surface area (Å²) in [4.78, 5) is 42.1. The first-order valence-electron chi connectivity index (χ1n) is 7.21. The van der Waals surface area contributed by atoms with E-state index in [9.17, 15) is 27.6 Å². The summed E-state index contributed by atoms with van der Waals surface area (Å²) >= 11 is 0. The molecule has 0 radical (unpaired) electrons. The molecule has 1 fully saturated rings. The Balaban J connectivity index is 1.94. The lowest BCUT2D eigenvalue weighted by Gasteiger charge is -2.17. The van der Waals surface area contributed by atoms with Gasteiger partial charge in [-0.3, -0.25) is 9.59 Å². The van der Waals surface area contributed by atoms with E-state index in [1.807, 2.05) is 0 Å². The summed E-state index contributed by atoms with van der Waals surface area (Å²) in [6, 6.07) is 3.76. The van der Waals surface area contributed by atoms with Gasteiger partial charge in [0.25, 0.3) is 5.91 Å². The number of carbonyl (C=O) groups is 3. The zero-order chi connectivity index (χ0) is 18.4. The molecular formula is C15H11F3N2O5. The van der Waals surface area contributed by atoms with E-state index in [0.29, 0.717) is 11.0 Å². The Labute approximate surface area is 139 Å². The Kier molecular flexibility index (Phi) is 3.97. The van der Waals surface area contributed by atoms with Crippen LogP contribution >= 0.6 is 0 Å². The Morgan fingerprint density at radius 1 is 1.32 bits per heavy atom. The van der Waals surface area contributed by atoms with E-state index >= 15 is 0 Å². The quantitative estimate of drug-likeness (QED) is 0.605. The maximum atomic E-state index is 12.8. The third-order valence-electron chi connectivity index (χ3n) is 3.73. The minimum Gasteiger partial charge on any atom is -0.461 e. The monoisotopic (exact) mass is 356 g/mol. The van der Waals surface area contributed by atoms with Crippen molar-refractivity contribution < 1.29 is 37.1 Å². The molecule has 0 unspecified atom stereocenters. The van der Waals surface area contributed by atoms with Crippen LogP contribution in [0.1, 0.15) is 12.5 Å². The number of esters is 1. The van der Waals surface area contributed by atoms with Crippen molar-refractivity contribution in [1.29, 1.82) is 0 Å². The maximum Gasteiger partial charge on any atom is 0.416 e. The molecule has 2 amide bonds. The topological polar surface area (TPSA) is 85.3 Å². The van der Waals surface area contributed by atoms with Gasteiger partial charge in [0.2, 0.25) is 12.0 Å². The van der Waals surface area contributed by atoms with E-state index in [4.69, 9.17) is 9.57 Å². The lowest BCUT2D eigenvalue weighted by atomic mass is 10.00. The second kappa shape index (κ2) is 5.87. The summed E-state index contributed by atoms with van der Waals surface area (Å²) in [6.45, 7) is 1.57. The zero-order valence-corrected chi connectivity index (χ0v) is 12.7. The van der Waals surface area contributed by atoms with Crippen LogP contribution in [0.4, 0.5) is 18.9 Å². The largest absolute Gasteiger partial charge is 0.461 e. The normalized spacial score (nSPS) is 22.6. The number of rotatable bonds is 3. The Bertz CT molecular complexity index is 790. The van der Waals surface area contributed by atoms with Crippen molar-refractivity contribution in [3.8, 4) is 0 Å². The Hall–Kier alpha value is -2.91. The van der Waals surface area contributed by atoms with Gasteiger partial charge in [0.05, 0.1) is 17.9 Å². The lowest BCUT2D eigenvalue weighted by Crippen LogP contribution is -2.35. The van der Waals surface area contributed by atoms with Crippen molar-refractivity contribution in [1.82, 2.24) is 0 Å². The number of carbonyl (C=O) groups excluding carboxylic acids is 3. The third kappa shape index (κ3) is 2.73. The minimum atomic E-state index is -4.63. The maximum absolute atomic E-state index is 12.8. The van der Waals surface area contributed by atoms with Crippen LogP contribution in [0.5, 0.6) is 0 Å². The van der Waals surface area contributed by atoms with Gasteiger partial charge in [-0.05, 0) is 25.1 Å². The molecule has 2 atom stereocenters. The number of imide groups is 1. The standard InChI is InChI=1S/C15H11F3N2O5/c1-2-24-14(23)10-9-11(25-19-10)13(22)20(12(9)21)8-5-3-4-7(6-8)15(16,17)18/h3-6,9,11H,2H2,1H3/t9-,11+/m1/s1. The average molecular weight is 356 g/mol. The van der Waals surface area contributed by atoms with Gasteiger partial charge in [-0.2, -0.15) is 13.2 Å². The van der Waals surface area contributed by atoms with Crippen LogP contribution in [0, 0.1) is 5.92 Å². The van der Waals surface area contributed by atoms with Crippen molar-refractivity contribution >= 4 is 29.2 Å². The molecule has 0 aromatic heterocycles. The summed E-state index contributed by atoms with van der Waals surface area (Å²) in [7, 11) is 0. The molecule has 2 aliphatic rings. The molecule has 2 aliphatic heterocycles. The highest BCUT2D eigenvalue weighted by molar-refractivity contribution is 6.46. The second-order valence-corrected chi connectivity index (χ2v) is 5.26. The Morgan fingerprint density at radius 2 is 2.04 bits per heavy atom. The molecule has 1 aromatic rings. The van der Waals surface area contributed by atoms with Crippen molar-refractivity contribution in [3.05, 3.63) is 29.8 Å². The number of hydrogen-bond donors (Lipinski definition) is 0. The molecule has 25 heavy (non-hydrogen) atoms. The molecule has 7 nitrogen and oxygen atoms in total. The highest BCUT2D eigenvalue weighted by atomic mass is 19.4. The molecule has 3 rings (SSSR count). The van der Waals surface area contributed by atoms with Gasteiger partial charge in [0.15, 0.2) is 5.71 Å². The van der Waals surface area contributed by atoms with Crippen molar-refractivity contribution in [3.63, 3.8) is 0 Å². The molecule has 2 heterocycles. The first-order chi connectivity index (χ1) is 11.8. The van der Waals surface area contributed by atoms with E-state index in [0.717, 1.165) is 12.1 Å². The van der Waals surface area contributed by atoms with Crippen LogP contribution in [-0.4, -0.2) is 36.2 Å². The summed E-state index contributed by atoms with van der Waals surface area (Å²) in [5.74, 6) is -4.03. The van der Waals surface area contributed by atoms with E-state index in [1.54, 1.807) is 6.92 Å². The highest BCUT2D eigenvalue weighted by Crippen LogP contribution is 2.36. The number of fused-ring (bicyclic) bond motifs is 1. The Morgan fingerprint density at radius 3 is 2.68 bits per heavy atom. The summed E-state index contributed by atoms with van der Waals surface area (Å²) in [5, 5.41) is 3.42. The predicted octanol–water partition coefficient (Wildman–Crippen LogP) is 1.51. The number of alkyl halides is 3. The van der Waals surface area contributed by atoms with Gasteiger partial charge in [-0.25, -0.2) is 9.69 Å². The number of hydrogen-bond acceptors (Lipinski definition) is 6. The van der Waals surface area contributed by atoms with E-state index in [2.05, 4.69) is 5.16 Å². The SMILES string of the molecule is CCOC(=O)C1=NO[C@@H]2C(=O)N(c3cccc(C(F)(F)F)c3)C(=O)[C@H]12. The summed E-state index contributed by atoms with van der Waals surface area (Å²) < 4.78 is 43.3. The van der Waals surface area contributed by atoms with Crippen LogP contribution in [0.2, 0.25) is 0 Å². The minimum absolute atomic E-state index is 0.0225. The van der Waals surface area contributed by atoms with Gasteiger partial charge in [0.1, 0.15) is 5.92 Å². The molecule has 132 valence electrons. The second-order valence-electron chi connectivity index (χ2n) is 5.26. The summed E-state index contributed by atoms with van der Waals surface area (Å²) in [5.41, 5.74) is -1.64. The fraction of sp³-hybridized carbons (Fsp3) is 0.333. The molecule has 10 heteroatoms. The molecule has 0 saturated carbocycles. The molecule has 0 bridgehead atoms. The number of nitrogens with zero attached hydrogens (tertiary/aromatic N) is 2. The third-order valence-corrected chi connectivity index (χ3v) is 3.73. The number of halogens is 3.